The van der Waals surface area contributed by atoms with Gasteiger partial charge in [0.05, 0.1) is 20.3 Å². The Bertz CT molecular complexity index is 631. The van der Waals surface area contributed by atoms with Crippen molar-refractivity contribution in [1.82, 2.24) is 9.80 Å². The maximum absolute atomic E-state index is 5.97. The Balaban J connectivity index is 1.44. The summed E-state index contributed by atoms with van der Waals surface area (Å²) in [6.07, 6.45) is 2.26. The van der Waals surface area contributed by atoms with Crippen molar-refractivity contribution < 1.29 is 14.2 Å². The monoisotopic (exact) mass is 330 g/mol. The second kappa shape index (κ2) is 6.75. The largest absolute Gasteiger partial charge is 0.493 e. The summed E-state index contributed by atoms with van der Waals surface area (Å²) in [7, 11) is 1.69. The fraction of sp³-hybridized carbons (Fsp3) is 0.579. The predicted octanol–water partition coefficient (Wildman–Crippen LogP) is 1.88. The molecule has 2 saturated heterocycles. The molecule has 0 aromatic heterocycles. The quantitative estimate of drug-likeness (QED) is 0.845. The van der Waals surface area contributed by atoms with E-state index in [1.165, 1.54) is 5.57 Å². The van der Waals surface area contributed by atoms with Crippen LogP contribution in [-0.2, 0) is 4.74 Å². The first kappa shape index (κ1) is 15.9. The van der Waals surface area contributed by atoms with E-state index in [0.29, 0.717) is 18.7 Å². The van der Waals surface area contributed by atoms with Crippen LogP contribution >= 0.6 is 0 Å². The molecule has 5 nitrogen and oxygen atoms in total. The summed E-state index contributed by atoms with van der Waals surface area (Å²) in [5.74, 6) is 1.67. The zero-order valence-corrected chi connectivity index (χ0v) is 14.5. The van der Waals surface area contributed by atoms with Gasteiger partial charge in [-0.15, -0.1) is 0 Å². The zero-order chi connectivity index (χ0) is 16.5. The van der Waals surface area contributed by atoms with Gasteiger partial charge in [-0.05, 0) is 24.6 Å². The van der Waals surface area contributed by atoms with Crippen LogP contribution in [0.4, 0.5) is 0 Å². The number of hydrogen-bond acceptors (Lipinski definition) is 5. The third kappa shape index (κ3) is 3.04. The van der Waals surface area contributed by atoms with Crippen LogP contribution in [0.15, 0.2) is 23.8 Å². The fourth-order valence-electron chi connectivity index (χ4n) is 4.04. The number of methoxy groups -OCH3 is 1. The van der Waals surface area contributed by atoms with Crippen LogP contribution in [0.3, 0.4) is 0 Å². The van der Waals surface area contributed by atoms with Crippen LogP contribution in [-0.4, -0.2) is 75.0 Å². The number of nitrogens with zero attached hydrogens (tertiary/aromatic N) is 2. The highest BCUT2D eigenvalue weighted by molar-refractivity contribution is 5.66. The van der Waals surface area contributed by atoms with Crippen molar-refractivity contribution in [3.8, 4) is 11.5 Å². The average Bonchev–Trinajstić information content (AvgIpc) is 2.61. The molecule has 5 heteroatoms. The minimum atomic E-state index is 0.528. The number of benzene rings is 1. The lowest BCUT2D eigenvalue weighted by molar-refractivity contribution is -0.0740. The number of hydrogen-bond donors (Lipinski definition) is 0. The Labute approximate surface area is 143 Å². The van der Waals surface area contributed by atoms with Crippen LogP contribution in [0.1, 0.15) is 12.5 Å². The van der Waals surface area contributed by atoms with E-state index in [1.54, 1.807) is 7.11 Å². The van der Waals surface area contributed by atoms with E-state index in [9.17, 15) is 0 Å². The molecule has 0 N–H and O–H groups in total. The second-order valence-corrected chi connectivity index (χ2v) is 6.98. The Hall–Kier alpha value is -1.56. The van der Waals surface area contributed by atoms with Gasteiger partial charge >= 0.3 is 0 Å². The molecule has 0 aliphatic carbocycles. The molecule has 4 rings (SSSR count). The third-order valence-corrected chi connectivity index (χ3v) is 5.27. The van der Waals surface area contributed by atoms with Crippen LogP contribution < -0.4 is 9.47 Å². The van der Waals surface area contributed by atoms with Gasteiger partial charge in [0.2, 0.25) is 0 Å². The highest BCUT2D eigenvalue weighted by Crippen LogP contribution is 2.35. The van der Waals surface area contributed by atoms with Crippen molar-refractivity contribution in [3.05, 3.63) is 29.3 Å². The Morgan fingerprint density at radius 3 is 3.04 bits per heavy atom. The molecule has 3 aliphatic heterocycles. The van der Waals surface area contributed by atoms with Crippen molar-refractivity contribution in [2.45, 2.75) is 19.0 Å². The highest BCUT2D eigenvalue weighted by Gasteiger charge is 2.33. The van der Waals surface area contributed by atoms with E-state index in [-0.39, 0.29) is 0 Å². The summed E-state index contributed by atoms with van der Waals surface area (Å²) >= 11 is 0. The van der Waals surface area contributed by atoms with Gasteiger partial charge in [-0.2, -0.15) is 0 Å². The topological polar surface area (TPSA) is 34.2 Å². The van der Waals surface area contributed by atoms with Crippen molar-refractivity contribution in [3.63, 3.8) is 0 Å². The van der Waals surface area contributed by atoms with Gasteiger partial charge in [0, 0.05) is 43.8 Å². The molecule has 2 fully saturated rings. The van der Waals surface area contributed by atoms with Gasteiger partial charge in [-0.25, -0.2) is 0 Å². The smallest absolute Gasteiger partial charge is 0.168 e. The number of rotatable bonds is 3. The van der Waals surface area contributed by atoms with Crippen LogP contribution in [0.5, 0.6) is 11.5 Å². The minimum absolute atomic E-state index is 0.528. The Kier molecular flexibility index (Phi) is 4.48. The Morgan fingerprint density at radius 2 is 2.17 bits per heavy atom. The van der Waals surface area contributed by atoms with E-state index < -0.39 is 0 Å². The summed E-state index contributed by atoms with van der Waals surface area (Å²) < 4.78 is 17.1. The number of ether oxygens (including phenoxy) is 3. The van der Waals surface area contributed by atoms with E-state index in [0.717, 1.165) is 56.5 Å². The number of para-hydroxylation sites is 1. The fourth-order valence-corrected chi connectivity index (χ4v) is 4.04. The number of morpholine rings is 1. The van der Waals surface area contributed by atoms with Gasteiger partial charge in [0.25, 0.3) is 0 Å². The highest BCUT2D eigenvalue weighted by atomic mass is 16.5. The first-order chi connectivity index (χ1) is 11.7. The summed E-state index contributed by atoms with van der Waals surface area (Å²) in [5, 5.41) is 0. The molecule has 0 amide bonds. The molecule has 130 valence electrons. The van der Waals surface area contributed by atoms with Gasteiger partial charge in [-0.1, -0.05) is 12.1 Å². The molecule has 0 saturated carbocycles. The van der Waals surface area contributed by atoms with Gasteiger partial charge in [-0.3, -0.25) is 9.80 Å². The van der Waals surface area contributed by atoms with Crippen LogP contribution in [0.2, 0.25) is 0 Å². The van der Waals surface area contributed by atoms with Gasteiger partial charge in [0.15, 0.2) is 11.5 Å². The SMILES string of the molecule is COc1cccc2c1OCC(CN1CCN3[C@@H](COC[C@@H]3C)C1)=C2. The number of piperazine rings is 1. The second-order valence-electron chi connectivity index (χ2n) is 6.98. The van der Waals surface area contributed by atoms with Crippen LogP contribution in [0.25, 0.3) is 6.08 Å². The van der Waals surface area contributed by atoms with E-state index in [4.69, 9.17) is 14.2 Å². The molecule has 2 atom stereocenters. The molecule has 0 unspecified atom stereocenters. The molecule has 1 aromatic rings. The maximum atomic E-state index is 5.97. The maximum Gasteiger partial charge on any atom is 0.168 e. The van der Waals surface area contributed by atoms with E-state index in [1.807, 2.05) is 12.1 Å². The van der Waals surface area contributed by atoms with E-state index >= 15 is 0 Å². The van der Waals surface area contributed by atoms with Gasteiger partial charge in [0.1, 0.15) is 6.61 Å². The summed E-state index contributed by atoms with van der Waals surface area (Å²) in [6.45, 7) is 8.93. The standard InChI is InChI=1S/C19H26N2O3/c1-14-11-23-13-17-10-20(6-7-21(14)17)9-15-8-16-4-3-5-18(22-2)19(16)24-12-15/h3-5,8,14,17H,6-7,9-13H2,1-2H3/t14-,17+/m0/s1. The normalized spacial score (nSPS) is 27.7. The predicted molar refractivity (Wildman–Crippen MR) is 93.7 cm³/mol. The summed E-state index contributed by atoms with van der Waals surface area (Å²) in [6, 6.07) is 7.12. The van der Waals surface area contributed by atoms with Crippen molar-refractivity contribution in [2.24, 2.45) is 0 Å². The minimum Gasteiger partial charge on any atom is -0.493 e. The van der Waals surface area contributed by atoms with E-state index in [2.05, 4.69) is 28.9 Å². The third-order valence-electron chi connectivity index (χ3n) is 5.27. The van der Waals surface area contributed by atoms with Crippen molar-refractivity contribution in [2.75, 3.05) is 53.1 Å². The molecule has 0 spiro atoms. The Morgan fingerprint density at radius 1 is 1.25 bits per heavy atom. The molecule has 0 bridgehead atoms. The first-order valence-electron chi connectivity index (χ1n) is 8.79. The molecule has 0 radical (unpaired) electrons. The van der Waals surface area contributed by atoms with Crippen LogP contribution in [0, 0.1) is 0 Å². The lowest BCUT2D eigenvalue weighted by Crippen LogP contribution is -2.61. The summed E-state index contributed by atoms with van der Waals surface area (Å²) in [5.41, 5.74) is 2.44. The molecule has 1 aromatic carbocycles. The van der Waals surface area contributed by atoms with Crippen molar-refractivity contribution >= 4 is 6.08 Å². The molecule has 24 heavy (non-hydrogen) atoms. The van der Waals surface area contributed by atoms with Gasteiger partial charge < -0.3 is 14.2 Å². The molecule has 3 aliphatic rings. The lowest BCUT2D eigenvalue weighted by Gasteiger charge is -2.47. The molecular formula is C19H26N2O3. The molecule has 3 heterocycles. The zero-order valence-electron chi connectivity index (χ0n) is 14.5. The summed E-state index contributed by atoms with van der Waals surface area (Å²) in [4.78, 5) is 5.13. The lowest BCUT2D eigenvalue weighted by atomic mass is 10.0. The first-order valence-corrected chi connectivity index (χ1v) is 8.79. The average molecular weight is 330 g/mol. The molecular weight excluding hydrogens is 304 g/mol. The number of fused-ring (bicyclic) bond motifs is 2. The van der Waals surface area contributed by atoms with Crippen molar-refractivity contribution in [1.29, 1.82) is 0 Å².